The number of carbonyl (C=O) groups is 3. The first kappa shape index (κ1) is 25.6. The number of amides is 1. The number of rotatable bonds is 9. The largest absolute Gasteiger partial charge is 0.458 e. The molecular weight excluding hydrogens is 496 g/mol. The van der Waals surface area contributed by atoms with E-state index in [0.717, 1.165) is 5.56 Å². The number of hydrogen-bond donors (Lipinski definition) is 1. The topological polar surface area (TPSA) is 112 Å². The molecule has 0 unspecified atom stereocenters. The summed E-state index contributed by atoms with van der Waals surface area (Å²) in [6.45, 7) is 1.12. The van der Waals surface area contributed by atoms with Crippen LogP contribution in [0.5, 0.6) is 0 Å². The average Bonchev–Trinajstić information content (AvgIpc) is 3.32. The van der Waals surface area contributed by atoms with E-state index in [1.165, 1.54) is 6.92 Å². The Kier molecular flexibility index (Phi) is 8.27. The van der Waals surface area contributed by atoms with Crippen molar-refractivity contribution in [3.05, 3.63) is 112 Å². The van der Waals surface area contributed by atoms with Crippen LogP contribution < -0.4 is 5.32 Å². The summed E-state index contributed by atoms with van der Waals surface area (Å²) in [5, 5.41) is 11.3. The Morgan fingerprint density at radius 2 is 1.54 bits per heavy atom. The van der Waals surface area contributed by atoms with Crippen molar-refractivity contribution < 1.29 is 23.9 Å². The minimum absolute atomic E-state index is 0.0672. The summed E-state index contributed by atoms with van der Waals surface area (Å²) >= 11 is 6.24. The minimum Gasteiger partial charge on any atom is -0.458 e. The Labute approximate surface area is 218 Å². The number of hydrogen-bond acceptors (Lipinski definition) is 7. The van der Waals surface area contributed by atoms with Gasteiger partial charge in [-0.25, -0.2) is 4.79 Å². The number of alkyl carbamates (subject to hydrolysis) is 1. The summed E-state index contributed by atoms with van der Waals surface area (Å²) in [5.74, 6) is -0.223. The van der Waals surface area contributed by atoms with Gasteiger partial charge in [0.05, 0.1) is 12.2 Å². The summed E-state index contributed by atoms with van der Waals surface area (Å²) in [6.07, 6.45) is -0.656. The predicted molar refractivity (Wildman–Crippen MR) is 135 cm³/mol. The van der Waals surface area contributed by atoms with Gasteiger partial charge < -0.3 is 14.8 Å². The summed E-state index contributed by atoms with van der Waals surface area (Å²) in [6, 6.07) is 22.8. The van der Waals surface area contributed by atoms with E-state index in [0.29, 0.717) is 22.1 Å². The third-order valence-corrected chi connectivity index (χ3v) is 5.52. The number of esters is 1. The first-order valence-electron chi connectivity index (χ1n) is 11.3. The fourth-order valence-corrected chi connectivity index (χ4v) is 3.73. The van der Waals surface area contributed by atoms with Crippen LogP contribution >= 0.6 is 11.6 Å². The quantitative estimate of drug-likeness (QED) is 0.253. The summed E-state index contributed by atoms with van der Waals surface area (Å²) in [7, 11) is 0. The number of ketones is 1. The zero-order valence-corrected chi connectivity index (χ0v) is 20.6. The predicted octanol–water partition coefficient (Wildman–Crippen LogP) is 4.64. The van der Waals surface area contributed by atoms with Crippen LogP contribution in [0.1, 0.15) is 40.1 Å². The Morgan fingerprint density at radius 1 is 0.865 bits per heavy atom. The number of nitrogens with one attached hydrogen (secondary N) is 1. The fraction of sp³-hybridized carbons (Fsp3) is 0.148. The van der Waals surface area contributed by atoms with Crippen LogP contribution in [-0.4, -0.2) is 32.6 Å². The lowest BCUT2D eigenvalue weighted by Crippen LogP contribution is -2.26. The molecule has 10 heteroatoms. The Bertz CT molecular complexity index is 1410. The van der Waals surface area contributed by atoms with Crippen LogP contribution in [0.4, 0.5) is 4.79 Å². The van der Waals surface area contributed by atoms with E-state index in [1.807, 2.05) is 36.4 Å². The molecule has 4 rings (SSSR count). The van der Waals surface area contributed by atoms with E-state index in [1.54, 1.807) is 47.0 Å². The Balaban J connectivity index is 1.63. The number of carbonyl (C=O) groups excluding carboxylic acids is 3. The van der Waals surface area contributed by atoms with Gasteiger partial charge in [0.2, 0.25) is 0 Å². The highest BCUT2D eigenvalue weighted by Gasteiger charge is 2.22. The molecule has 37 heavy (non-hydrogen) atoms. The molecule has 0 fully saturated rings. The van der Waals surface area contributed by atoms with Crippen molar-refractivity contribution >= 4 is 29.4 Å². The Morgan fingerprint density at radius 3 is 2.24 bits per heavy atom. The molecule has 9 nitrogen and oxygen atoms in total. The molecule has 0 bridgehead atoms. The van der Waals surface area contributed by atoms with Crippen molar-refractivity contribution in [3.8, 4) is 5.69 Å². The van der Waals surface area contributed by atoms with Gasteiger partial charge in [-0.1, -0.05) is 72.3 Å². The van der Waals surface area contributed by atoms with Crippen LogP contribution in [0, 0.1) is 0 Å². The fourth-order valence-electron chi connectivity index (χ4n) is 3.56. The highest BCUT2D eigenvalue weighted by Crippen LogP contribution is 2.25. The summed E-state index contributed by atoms with van der Waals surface area (Å²) in [4.78, 5) is 37.2. The Hall–Kier alpha value is -4.50. The molecule has 1 amide bonds. The van der Waals surface area contributed by atoms with Crippen LogP contribution in [0.25, 0.3) is 5.69 Å². The highest BCUT2D eigenvalue weighted by atomic mass is 35.5. The second-order valence-corrected chi connectivity index (χ2v) is 8.36. The molecule has 0 aliphatic rings. The molecule has 4 aromatic rings. The number of ether oxygens (including phenoxy) is 2. The van der Waals surface area contributed by atoms with E-state index >= 15 is 0 Å². The number of nitrogens with zero attached hydrogens (tertiary/aromatic N) is 3. The van der Waals surface area contributed by atoms with Crippen molar-refractivity contribution in [2.45, 2.75) is 26.7 Å². The van der Waals surface area contributed by atoms with E-state index in [9.17, 15) is 14.4 Å². The lowest BCUT2D eigenvalue weighted by atomic mass is 10.0. The van der Waals surface area contributed by atoms with Gasteiger partial charge in [0.25, 0.3) is 0 Å². The van der Waals surface area contributed by atoms with Gasteiger partial charge in [-0.3, -0.25) is 14.2 Å². The van der Waals surface area contributed by atoms with Gasteiger partial charge in [0, 0.05) is 23.1 Å². The summed E-state index contributed by atoms with van der Waals surface area (Å²) in [5.41, 5.74) is 2.01. The second-order valence-electron chi connectivity index (χ2n) is 7.92. The monoisotopic (exact) mass is 518 g/mol. The molecule has 0 saturated heterocycles. The number of aromatic nitrogens is 3. The lowest BCUT2D eigenvalue weighted by molar-refractivity contribution is -0.142. The molecule has 3 aromatic carbocycles. The van der Waals surface area contributed by atoms with Crippen molar-refractivity contribution in [3.63, 3.8) is 0 Å². The van der Waals surface area contributed by atoms with Crippen LogP contribution in [0.3, 0.4) is 0 Å². The second kappa shape index (κ2) is 12.0. The minimum atomic E-state index is -0.656. The van der Waals surface area contributed by atoms with Crippen LogP contribution in [-0.2, 0) is 34.0 Å². The molecule has 0 saturated carbocycles. The molecule has 0 radical (unpaired) electrons. The molecule has 0 aliphatic carbocycles. The van der Waals surface area contributed by atoms with Crippen LogP contribution in [0.15, 0.2) is 78.9 Å². The third kappa shape index (κ3) is 6.59. The van der Waals surface area contributed by atoms with Gasteiger partial charge >= 0.3 is 12.1 Å². The summed E-state index contributed by atoms with van der Waals surface area (Å²) < 4.78 is 12.0. The van der Waals surface area contributed by atoms with Gasteiger partial charge in [-0.2, -0.15) is 0 Å². The maximum atomic E-state index is 13.4. The van der Waals surface area contributed by atoms with Crippen molar-refractivity contribution in [1.82, 2.24) is 20.1 Å². The molecule has 0 atom stereocenters. The zero-order valence-electron chi connectivity index (χ0n) is 19.9. The van der Waals surface area contributed by atoms with E-state index in [-0.39, 0.29) is 36.9 Å². The average molecular weight is 519 g/mol. The molecule has 0 aliphatic heterocycles. The first-order chi connectivity index (χ1) is 17.9. The number of benzene rings is 3. The van der Waals surface area contributed by atoms with Gasteiger partial charge in [-0.05, 0) is 23.8 Å². The van der Waals surface area contributed by atoms with Crippen molar-refractivity contribution in [2.24, 2.45) is 0 Å². The lowest BCUT2D eigenvalue weighted by Gasteiger charge is -2.15. The molecule has 1 heterocycles. The molecule has 1 N–H and O–H groups in total. The first-order valence-corrected chi connectivity index (χ1v) is 11.7. The molecule has 0 spiro atoms. The molecule has 1 aromatic heterocycles. The van der Waals surface area contributed by atoms with E-state index in [4.69, 9.17) is 21.1 Å². The van der Waals surface area contributed by atoms with Gasteiger partial charge in [-0.15, -0.1) is 10.2 Å². The highest BCUT2D eigenvalue weighted by molar-refractivity contribution is 6.31. The van der Waals surface area contributed by atoms with Gasteiger partial charge in [0.1, 0.15) is 6.61 Å². The SMILES string of the molecule is CC(=O)OCc1nnc(CNC(=O)OCc2ccccc2)n1-c1ccc(Cl)cc1C(=O)c1ccccc1. The van der Waals surface area contributed by atoms with E-state index in [2.05, 4.69) is 15.5 Å². The van der Waals surface area contributed by atoms with Gasteiger partial charge in [0.15, 0.2) is 24.0 Å². The normalized spacial score (nSPS) is 10.5. The third-order valence-electron chi connectivity index (χ3n) is 5.29. The van der Waals surface area contributed by atoms with E-state index < -0.39 is 12.1 Å². The molecule has 188 valence electrons. The van der Waals surface area contributed by atoms with Crippen LogP contribution in [0.2, 0.25) is 5.02 Å². The molecular formula is C27H23ClN4O5. The van der Waals surface area contributed by atoms with Crippen molar-refractivity contribution in [1.29, 1.82) is 0 Å². The maximum Gasteiger partial charge on any atom is 0.407 e. The smallest absolute Gasteiger partial charge is 0.407 e. The number of halogens is 1. The zero-order chi connectivity index (χ0) is 26.2. The van der Waals surface area contributed by atoms with Crippen molar-refractivity contribution in [2.75, 3.05) is 0 Å². The maximum absolute atomic E-state index is 13.4. The standard InChI is InChI=1S/C27H23ClN4O5/c1-18(33)36-17-25-31-30-24(15-29-27(35)37-16-19-8-4-2-5-9-19)32(25)23-13-12-21(28)14-22(23)26(34)20-10-6-3-7-11-20/h2-14H,15-17H2,1H3,(H,29,35).